The van der Waals surface area contributed by atoms with Crippen molar-refractivity contribution in [1.82, 2.24) is 50.3 Å². The Labute approximate surface area is 273 Å². The zero-order valence-corrected chi connectivity index (χ0v) is 26.6. The molecule has 236 valence electrons. The normalized spacial score (nSPS) is 12.0. The highest BCUT2D eigenvalue weighted by atomic mass is 15.4. The second-order valence-corrected chi connectivity index (χ2v) is 11.0. The van der Waals surface area contributed by atoms with Crippen LogP contribution in [0.4, 0.5) is 11.9 Å². The van der Waals surface area contributed by atoms with Crippen LogP contribution in [0.2, 0.25) is 0 Å². The number of aromatic nitrogens is 10. The second kappa shape index (κ2) is 13.0. The number of nitrogens with one attached hydrogen (secondary N) is 4. The van der Waals surface area contributed by atoms with E-state index in [0.29, 0.717) is 23.2 Å². The predicted molar refractivity (Wildman–Crippen MR) is 188 cm³/mol. The molecular weight excluding hydrogens is 604 g/mol. The molecule has 14 heteroatoms. The first kappa shape index (κ1) is 30.0. The molecule has 0 fully saturated rings. The van der Waals surface area contributed by atoms with Crippen molar-refractivity contribution >= 4 is 67.5 Å². The minimum atomic E-state index is 0.335. The highest BCUT2D eigenvalue weighted by molar-refractivity contribution is 6.05. The van der Waals surface area contributed by atoms with Gasteiger partial charge in [0.25, 0.3) is 11.9 Å². The molecule has 0 bridgehead atoms. The quantitative estimate of drug-likeness (QED) is 0.123. The molecule has 0 radical (unpaired) electrons. The fraction of sp³-hybridized carbons (Fsp3) is 0.118. The molecule has 8 rings (SSSR count). The molecule has 0 unspecified atom stereocenters. The number of benzene rings is 2. The lowest BCUT2D eigenvalue weighted by molar-refractivity contribution is 1.01. The average molecular weight is 635 g/mol. The summed E-state index contributed by atoms with van der Waals surface area (Å²) in [5.74, 6) is 0.670. The number of aromatic amines is 2. The molecule has 8 aromatic rings. The Morgan fingerprint density at radius 2 is 1.02 bits per heavy atom. The van der Waals surface area contributed by atoms with Crippen molar-refractivity contribution in [3.05, 3.63) is 108 Å². The number of nitrogens with zero attached hydrogens (tertiary/aromatic N) is 10. The van der Waals surface area contributed by atoms with E-state index in [1.807, 2.05) is 100 Å². The van der Waals surface area contributed by atoms with Gasteiger partial charge in [0.15, 0.2) is 11.3 Å². The maximum absolute atomic E-state index is 4.45. The highest BCUT2D eigenvalue weighted by Crippen LogP contribution is 2.26. The third-order valence-corrected chi connectivity index (χ3v) is 7.63. The van der Waals surface area contributed by atoms with Gasteiger partial charge in [-0.1, -0.05) is 48.5 Å². The Bertz CT molecular complexity index is 2270. The number of para-hydroxylation sites is 2. The van der Waals surface area contributed by atoms with Crippen LogP contribution < -0.4 is 10.9 Å². The van der Waals surface area contributed by atoms with Crippen LogP contribution in [0.5, 0.6) is 0 Å². The number of rotatable bonds is 6. The smallest absolute Gasteiger partial charge is 0.265 e. The molecule has 0 aliphatic carbocycles. The minimum absolute atomic E-state index is 0.335. The van der Waals surface area contributed by atoms with Crippen molar-refractivity contribution < 1.29 is 0 Å². The summed E-state index contributed by atoms with van der Waals surface area (Å²) in [6, 6.07) is 23.4. The molecule has 4 N–H and O–H groups in total. The van der Waals surface area contributed by atoms with Crippen LogP contribution in [0.3, 0.4) is 0 Å². The number of hydrazone groups is 2. The van der Waals surface area contributed by atoms with Crippen LogP contribution >= 0.6 is 0 Å². The SMILES string of the molecule is C/C(=N/Nc1nnc2c(n1)[nH]c1c(C)cccc12)c1ccccn1.CC(=NNc1nnc2c(n1)[nH]c1c(C)cccc12)c1ccccn1. The Kier molecular flexibility index (Phi) is 8.10. The van der Waals surface area contributed by atoms with E-state index < -0.39 is 0 Å². The summed E-state index contributed by atoms with van der Waals surface area (Å²) >= 11 is 0. The first-order valence-corrected chi connectivity index (χ1v) is 15.1. The van der Waals surface area contributed by atoms with E-state index >= 15 is 0 Å². The van der Waals surface area contributed by atoms with Gasteiger partial charge in [0.1, 0.15) is 11.0 Å². The third-order valence-electron chi connectivity index (χ3n) is 7.63. The number of anilines is 2. The summed E-state index contributed by atoms with van der Waals surface area (Å²) in [6.45, 7) is 7.83. The fourth-order valence-electron chi connectivity index (χ4n) is 5.12. The number of hydrogen-bond donors (Lipinski definition) is 4. The molecule has 14 nitrogen and oxygen atoms in total. The largest absolute Gasteiger partial charge is 0.337 e. The monoisotopic (exact) mass is 634 g/mol. The molecule has 48 heavy (non-hydrogen) atoms. The van der Waals surface area contributed by atoms with Crippen molar-refractivity contribution in [3.63, 3.8) is 0 Å². The molecule has 0 aliphatic rings. The molecule has 6 heterocycles. The van der Waals surface area contributed by atoms with Crippen LogP contribution in [0, 0.1) is 13.8 Å². The number of aryl methyl sites for hydroxylation is 2. The van der Waals surface area contributed by atoms with Gasteiger partial charge >= 0.3 is 0 Å². The van der Waals surface area contributed by atoms with Gasteiger partial charge in [-0.25, -0.2) is 10.9 Å². The van der Waals surface area contributed by atoms with Gasteiger partial charge in [-0.2, -0.15) is 20.2 Å². The van der Waals surface area contributed by atoms with E-state index in [2.05, 4.69) is 71.4 Å². The summed E-state index contributed by atoms with van der Waals surface area (Å²) in [4.78, 5) is 24.0. The van der Waals surface area contributed by atoms with Crippen molar-refractivity contribution in [2.75, 3.05) is 10.9 Å². The van der Waals surface area contributed by atoms with E-state index in [4.69, 9.17) is 0 Å². The zero-order valence-electron chi connectivity index (χ0n) is 26.6. The van der Waals surface area contributed by atoms with E-state index in [1.54, 1.807) is 12.4 Å². The first-order chi connectivity index (χ1) is 23.4. The lowest BCUT2D eigenvalue weighted by Crippen LogP contribution is -2.04. The van der Waals surface area contributed by atoms with Crippen molar-refractivity contribution in [2.24, 2.45) is 10.2 Å². The standard InChI is InChI=1S/2C17H15N7/c2*1-10-6-5-7-12-14(10)19-16-15(12)22-24-17(20-16)23-21-11(2)13-8-3-4-9-18-13/h2*3-9H,1-2H3,(H2,19,20,23,24)/b21-11-;. The molecule has 0 saturated carbocycles. The van der Waals surface area contributed by atoms with Gasteiger partial charge in [0.05, 0.1) is 33.8 Å². The summed E-state index contributed by atoms with van der Waals surface area (Å²) in [6.07, 6.45) is 3.45. The summed E-state index contributed by atoms with van der Waals surface area (Å²) in [7, 11) is 0. The van der Waals surface area contributed by atoms with Gasteiger partial charge in [-0.15, -0.1) is 20.4 Å². The molecule has 0 atom stereocenters. The molecule has 6 aromatic heterocycles. The van der Waals surface area contributed by atoms with Crippen LogP contribution in [0.25, 0.3) is 44.1 Å². The van der Waals surface area contributed by atoms with Gasteiger partial charge < -0.3 is 9.97 Å². The topological polar surface area (TPSA) is 183 Å². The Morgan fingerprint density at radius 1 is 0.562 bits per heavy atom. The summed E-state index contributed by atoms with van der Waals surface area (Å²) in [5.41, 5.74) is 16.0. The molecule has 0 amide bonds. The molecular formula is C34H30N14. The van der Waals surface area contributed by atoms with Crippen LogP contribution in [0.15, 0.2) is 95.4 Å². The lowest BCUT2D eigenvalue weighted by Gasteiger charge is -2.01. The molecule has 0 spiro atoms. The van der Waals surface area contributed by atoms with E-state index in [1.165, 1.54) is 0 Å². The van der Waals surface area contributed by atoms with Crippen molar-refractivity contribution in [1.29, 1.82) is 0 Å². The zero-order chi connectivity index (χ0) is 33.0. The van der Waals surface area contributed by atoms with Gasteiger partial charge in [-0.3, -0.25) is 9.97 Å². The maximum Gasteiger partial charge on any atom is 0.265 e. The molecule has 0 saturated heterocycles. The number of pyridine rings is 2. The van der Waals surface area contributed by atoms with E-state index in [9.17, 15) is 0 Å². The summed E-state index contributed by atoms with van der Waals surface area (Å²) in [5, 5.41) is 27.3. The van der Waals surface area contributed by atoms with Gasteiger partial charge in [0, 0.05) is 23.2 Å². The Hall–Kier alpha value is -6.70. The number of H-pyrrole nitrogens is 2. The molecule has 0 aliphatic heterocycles. The number of fused-ring (bicyclic) bond motifs is 6. The Balaban J connectivity index is 0.000000152. The predicted octanol–water partition coefficient (Wildman–Crippen LogP) is 6.09. The van der Waals surface area contributed by atoms with E-state index in [0.717, 1.165) is 66.8 Å². The van der Waals surface area contributed by atoms with Crippen molar-refractivity contribution in [2.45, 2.75) is 27.7 Å². The Morgan fingerprint density at radius 3 is 1.44 bits per heavy atom. The first-order valence-electron chi connectivity index (χ1n) is 15.1. The van der Waals surface area contributed by atoms with Crippen LogP contribution in [-0.2, 0) is 0 Å². The molecule has 2 aromatic carbocycles. The second-order valence-electron chi connectivity index (χ2n) is 11.0. The maximum atomic E-state index is 4.45. The fourth-order valence-corrected chi connectivity index (χ4v) is 5.12. The van der Waals surface area contributed by atoms with E-state index in [-0.39, 0.29) is 0 Å². The van der Waals surface area contributed by atoms with Gasteiger partial charge in [0.2, 0.25) is 0 Å². The minimum Gasteiger partial charge on any atom is -0.337 e. The van der Waals surface area contributed by atoms with Crippen LogP contribution in [-0.4, -0.2) is 61.7 Å². The van der Waals surface area contributed by atoms with Gasteiger partial charge in [-0.05, 0) is 63.1 Å². The van der Waals surface area contributed by atoms with Crippen molar-refractivity contribution in [3.8, 4) is 0 Å². The lowest BCUT2D eigenvalue weighted by atomic mass is 10.1. The average Bonchev–Trinajstić information content (AvgIpc) is 3.70. The van der Waals surface area contributed by atoms with Crippen LogP contribution in [0.1, 0.15) is 36.4 Å². The third kappa shape index (κ3) is 6.09. The number of hydrogen-bond acceptors (Lipinski definition) is 12. The summed E-state index contributed by atoms with van der Waals surface area (Å²) < 4.78 is 0. The highest BCUT2D eigenvalue weighted by Gasteiger charge is 2.11.